The Bertz CT molecular complexity index is 1300. The molecule has 172 valence electrons. The third-order valence-electron chi connectivity index (χ3n) is 5.35. The van der Waals surface area contributed by atoms with Crippen LogP contribution in [0, 0.1) is 6.92 Å². The summed E-state index contributed by atoms with van der Waals surface area (Å²) in [6.07, 6.45) is 0.689. The molecule has 0 aliphatic carbocycles. The molecule has 0 unspecified atom stereocenters. The van der Waals surface area contributed by atoms with Crippen molar-refractivity contribution in [2.45, 2.75) is 18.5 Å². The number of hydrogen-bond acceptors (Lipinski definition) is 7. The van der Waals surface area contributed by atoms with Gasteiger partial charge in [0.2, 0.25) is 5.91 Å². The van der Waals surface area contributed by atoms with Crippen molar-refractivity contribution in [1.82, 2.24) is 19.9 Å². The maximum atomic E-state index is 12.5. The van der Waals surface area contributed by atoms with Crippen LogP contribution >= 0.6 is 11.8 Å². The number of benzene rings is 2. The van der Waals surface area contributed by atoms with Crippen LogP contribution in [0.1, 0.15) is 11.1 Å². The van der Waals surface area contributed by atoms with Gasteiger partial charge in [-0.05, 0) is 60.2 Å². The molecule has 1 amide bonds. The minimum absolute atomic E-state index is 0.0632. The average molecular weight is 467 g/mol. The van der Waals surface area contributed by atoms with E-state index in [0.717, 1.165) is 33.4 Å². The molecule has 8 nitrogen and oxygen atoms in total. The molecule has 0 saturated heterocycles. The molecule has 33 heavy (non-hydrogen) atoms. The molecule has 0 radical (unpaired) electrons. The largest absolute Gasteiger partial charge is 0.497 e. The second-order valence-electron chi connectivity index (χ2n) is 7.47. The van der Waals surface area contributed by atoms with E-state index in [1.165, 1.54) is 11.8 Å². The molecule has 4 rings (SSSR count). The Kier molecular flexibility index (Phi) is 6.88. The van der Waals surface area contributed by atoms with E-state index < -0.39 is 0 Å². The van der Waals surface area contributed by atoms with E-state index in [2.05, 4.69) is 21.6 Å². The number of ether oxygens (including phenoxy) is 3. The molecule has 2 aromatic carbocycles. The number of hydrogen-bond donors (Lipinski definition) is 1. The van der Waals surface area contributed by atoms with Gasteiger partial charge in [-0.3, -0.25) is 9.20 Å². The monoisotopic (exact) mass is 466 g/mol. The summed E-state index contributed by atoms with van der Waals surface area (Å²) in [4.78, 5) is 12.5. The number of aromatic nitrogens is 3. The first-order valence-corrected chi connectivity index (χ1v) is 11.5. The van der Waals surface area contributed by atoms with Crippen LogP contribution in [0.15, 0.2) is 47.6 Å². The van der Waals surface area contributed by atoms with E-state index in [1.807, 2.05) is 47.7 Å². The lowest BCUT2D eigenvalue weighted by atomic mass is 10.1. The van der Waals surface area contributed by atoms with Crippen LogP contribution in [0.5, 0.6) is 17.2 Å². The molecular weight excluding hydrogens is 440 g/mol. The number of carbonyl (C=O) groups is 1. The lowest BCUT2D eigenvalue weighted by Gasteiger charge is -2.10. The van der Waals surface area contributed by atoms with Gasteiger partial charge in [0, 0.05) is 12.6 Å². The van der Waals surface area contributed by atoms with Crippen LogP contribution in [-0.2, 0) is 11.2 Å². The van der Waals surface area contributed by atoms with Crippen molar-refractivity contribution in [3.63, 3.8) is 0 Å². The number of thioether (sulfide) groups is 1. The number of amides is 1. The Morgan fingerprint density at radius 2 is 1.82 bits per heavy atom. The van der Waals surface area contributed by atoms with Gasteiger partial charge in [-0.15, -0.1) is 10.2 Å². The van der Waals surface area contributed by atoms with Gasteiger partial charge in [-0.2, -0.15) is 0 Å². The van der Waals surface area contributed by atoms with Crippen LogP contribution in [0.25, 0.3) is 16.6 Å². The van der Waals surface area contributed by atoms with Gasteiger partial charge >= 0.3 is 0 Å². The number of pyridine rings is 1. The van der Waals surface area contributed by atoms with Crippen LogP contribution in [-0.4, -0.2) is 54.1 Å². The lowest BCUT2D eigenvalue weighted by molar-refractivity contribution is -0.118. The van der Waals surface area contributed by atoms with Crippen LogP contribution in [0.2, 0.25) is 0 Å². The Hall–Kier alpha value is -3.46. The van der Waals surface area contributed by atoms with Crippen molar-refractivity contribution < 1.29 is 19.0 Å². The van der Waals surface area contributed by atoms with Gasteiger partial charge in [0.1, 0.15) is 5.75 Å². The molecule has 0 spiro atoms. The third-order valence-corrected chi connectivity index (χ3v) is 6.28. The molecule has 0 aliphatic rings. The van der Waals surface area contributed by atoms with Gasteiger partial charge in [-0.25, -0.2) is 0 Å². The number of fused-ring (bicyclic) bond motifs is 3. The average Bonchev–Trinajstić information content (AvgIpc) is 3.27. The first-order valence-electron chi connectivity index (χ1n) is 10.5. The quantitative estimate of drug-likeness (QED) is 0.377. The fourth-order valence-corrected chi connectivity index (χ4v) is 4.44. The fourth-order valence-electron chi connectivity index (χ4n) is 3.66. The molecule has 0 saturated carbocycles. The van der Waals surface area contributed by atoms with Gasteiger partial charge in [0.15, 0.2) is 22.3 Å². The minimum Gasteiger partial charge on any atom is -0.497 e. The number of nitrogens with one attached hydrogen (secondary N) is 1. The highest BCUT2D eigenvalue weighted by atomic mass is 32.2. The Morgan fingerprint density at radius 3 is 2.58 bits per heavy atom. The van der Waals surface area contributed by atoms with Crippen molar-refractivity contribution in [2.75, 3.05) is 33.6 Å². The molecule has 2 aromatic heterocycles. The molecule has 0 bridgehead atoms. The molecule has 9 heteroatoms. The van der Waals surface area contributed by atoms with E-state index in [0.29, 0.717) is 29.6 Å². The summed E-state index contributed by atoms with van der Waals surface area (Å²) in [5, 5.41) is 13.3. The van der Waals surface area contributed by atoms with Crippen molar-refractivity contribution in [2.24, 2.45) is 0 Å². The zero-order valence-corrected chi connectivity index (χ0v) is 19.9. The highest BCUT2D eigenvalue weighted by molar-refractivity contribution is 7.99. The smallest absolute Gasteiger partial charge is 0.230 e. The van der Waals surface area contributed by atoms with Crippen LogP contribution < -0.4 is 19.5 Å². The van der Waals surface area contributed by atoms with Crippen molar-refractivity contribution in [3.05, 3.63) is 53.6 Å². The summed E-state index contributed by atoms with van der Waals surface area (Å²) in [6, 6.07) is 13.7. The summed E-state index contributed by atoms with van der Waals surface area (Å²) in [6.45, 7) is 2.53. The number of rotatable bonds is 9. The molecule has 4 aromatic rings. The van der Waals surface area contributed by atoms with Crippen molar-refractivity contribution in [3.8, 4) is 17.2 Å². The third kappa shape index (κ3) is 4.83. The first-order chi connectivity index (χ1) is 16.0. The Balaban J connectivity index is 1.42. The molecule has 0 atom stereocenters. The molecule has 0 fully saturated rings. The highest BCUT2D eigenvalue weighted by Crippen LogP contribution is 2.29. The molecule has 1 N–H and O–H groups in total. The predicted octanol–water partition coefficient (Wildman–Crippen LogP) is 3.67. The Morgan fingerprint density at radius 1 is 1.00 bits per heavy atom. The summed E-state index contributed by atoms with van der Waals surface area (Å²) in [5.74, 6) is 2.29. The molecule has 2 heterocycles. The molecule has 0 aliphatic heterocycles. The van der Waals surface area contributed by atoms with Crippen LogP contribution in [0.3, 0.4) is 0 Å². The van der Waals surface area contributed by atoms with Crippen molar-refractivity contribution in [1.29, 1.82) is 0 Å². The lowest BCUT2D eigenvalue weighted by Crippen LogP contribution is -2.27. The van der Waals surface area contributed by atoms with Crippen LogP contribution in [0.4, 0.5) is 0 Å². The highest BCUT2D eigenvalue weighted by Gasteiger charge is 2.14. The van der Waals surface area contributed by atoms with E-state index in [9.17, 15) is 4.79 Å². The maximum Gasteiger partial charge on any atom is 0.230 e. The fraction of sp³-hybridized carbons (Fsp3) is 0.292. The second-order valence-corrected chi connectivity index (χ2v) is 8.41. The summed E-state index contributed by atoms with van der Waals surface area (Å²) >= 11 is 1.36. The summed E-state index contributed by atoms with van der Waals surface area (Å²) < 4.78 is 18.0. The van der Waals surface area contributed by atoms with Gasteiger partial charge in [0.25, 0.3) is 0 Å². The summed E-state index contributed by atoms with van der Waals surface area (Å²) in [5.41, 5.74) is 3.79. The predicted molar refractivity (Wildman–Crippen MR) is 129 cm³/mol. The molecular formula is C24H26N4O4S. The number of aryl methyl sites for hydroxylation is 1. The Labute approximate surface area is 196 Å². The zero-order valence-electron chi connectivity index (χ0n) is 19.0. The second kappa shape index (κ2) is 9.99. The number of methoxy groups -OCH3 is 3. The standard InChI is InChI=1S/C24H26N4O4S/c1-15-11-17-6-7-18(30-2)13-19(17)28-23(15)26-27-24(28)33-14-22(29)25-10-9-16-5-8-20(31-3)21(12-16)32-4/h5-8,11-13H,9-10,14H2,1-4H3,(H,25,29). The minimum atomic E-state index is -0.0632. The summed E-state index contributed by atoms with van der Waals surface area (Å²) in [7, 11) is 4.85. The normalized spacial score (nSPS) is 11.0. The van der Waals surface area contributed by atoms with Gasteiger partial charge in [-0.1, -0.05) is 17.8 Å². The van der Waals surface area contributed by atoms with Crippen molar-refractivity contribution >= 4 is 34.2 Å². The van der Waals surface area contributed by atoms with E-state index in [-0.39, 0.29) is 11.7 Å². The topological polar surface area (TPSA) is 87.0 Å². The van der Waals surface area contributed by atoms with E-state index in [4.69, 9.17) is 14.2 Å². The zero-order chi connectivity index (χ0) is 23.4. The first kappa shape index (κ1) is 22.7. The van der Waals surface area contributed by atoms with Gasteiger partial charge < -0.3 is 19.5 Å². The maximum absolute atomic E-state index is 12.5. The SMILES string of the molecule is COc1ccc2cc(C)c3nnc(SCC(=O)NCCc4ccc(OC)c(OC)c4)n3c2c1. The number of carbonyl (C=O) groups excluding carboxylic acids is 1. The van der Waals surface area contributed by atoms with E-state index >= 15 is 0 Å². The van der Waals surface area contributed by atoms with Gasteiger partial charge in [0.05, 0.1) is 32.6 Å². The number of nitrogens with zero attached hydrogens (tertiary/aromatic N) is 3. The van der Waals surface area contributed by atoms with E-state index in [1.54, 1.807) is 21.3 Å².